The number of aliphatic hydroxyl groups excluding tert-OH is 1. The van der Waals surface area contributed by atoms with Gasteiger partial charge in [-0.05, 0) is 18.4 Å². The third-order valence-corrected chi connectivity index (χ3v) is 6.09. The predicted octanol–water partition coefficient (Wildman–Crippen LogP) is 0.181. The van der Waals surface area contributed by atoms with E-state index < -0.39 is 0 Å². The molecule has 1 saturated heterocycles. The Labute approximate surface area is 180 Å². The number of aryl methyl sites for hydroxylation is 3. The molecule has 0 amide bonds. The van der Waals surface area contributed by atoms with Crippen molar-refractivity contribution >= 4 is 17.1 Å². The summed E-state index contributed by atoms with van der Waals surface area (Å²) in [5.74, 6) is 0.741. The summed E-state index contributed by atoms with van der Waals surface area (Å²) >= 11 is 0. The molecule has 166 valence electrons. The highest BCUT2D eigenvalue weighted by molar-refractivity contribution is 5.74. The SMILES string of the molecule is Cn1c(=O)c2c(nc(N3CCN(CCO)CC3)n2CCCc2ccccc2)n(C)c1=O. The first kappa shape index (κ1) is 21.3. The van der Waals surface area contributed by atoms with Gasteiger partial charge in [0.25, 0.3) is 5.56 Å². The standard InChI is InChI=1S/C22H30N6O3/c1-24-19-18(20(30)25(2)22(24)31)28(10-6-9-17-7-4-3-5-8-17)21(23-19)27-13-11-26(12-14-27)15-16-29/h3-5,7-8,29H,6,9-16H2,1-2H3. The molecule has 1 aliphatic heterocycles. The Hall–Kier alpha value is -2.91. The number of piperazine rings is 1. The normalized spacial score (nSPS) is 15.1. The Morgan fingerprint density at radius 2 is 1.68 bits per heavy atom. The second-order valence-corrected chi connectivity index (χ2v) is 8.08. The van der Waals surface area contributed by atoms with Crippen LogP contribution in [0, 0.1) is 0 Å². The Kier molecular flexibility index (Phi) is 6.24. The van der Waals surface area contributed by atoms with E-state index in [0.29, 0.717) is 24.3 Å². The number of aromatic nitrogens is 4. The number of anilines is 1. The molecule has 0 spiro atoms. The van der Waals surface area contributed by atoms with Crippen LogP contribution in [0.3, 0.4) is 0 Å². The first-order chi connectivity index (χ1) is 15.0. The predicted molar refractivity (Wildman–Crippen MR) is 121 cm³/mol. The van der Waals surface area contributed by atoms with E-state index in [0.717, 1.165) is 49.5 Å². The van der Waals surface area contributed by atoms with Gasteiger partial charge in [0.1, 0.15) is 0 Å². The number of rotatable bonds is 7. The van der Waals surface area contributed by atoms with E-state index >= 15 is 0 Å². The van der Waals surface area contributed by atoms with E-state index in [9.17, 15) is 14.7 Å². The molecule has 2 aromatic heterocycles. The van der Waals surface area contributed by atoms with E-state index in [1.54, 1.807) is 7.05 Å². The van der Waals surface area contributed by atoms with Crippen LogP contribution in [-0.2, 0) is 27.1 Å². The molecule has 3 aromatic rings. The molecule has 31 heavy (non-hydrogen) atoms. The van der Waals surface area contributed by atoms with Crippen LogP contribution in [0.15, 0.2) is 39.9 Å². The first-order valence-corrected chi connectivity index (χ1v) is 10.8. The fourth-order valence-electron chi connectivity index (χ4n) is 4.29. The van der Waals surface area contributed by atoms with Gasteiger partial charge in [-0.15, -0.1) is 0 Å². The Morgan fingerprint density at radius 3 is 2.35 bits per heavy atom. The largest absolute Gasteiger partial charge is 0.395 e. The summed E-state index contributed by atoms with van der Waals surface area (Å²) in [5, 5.41) is 9.20. The molecule has 1 aliphatic rings. The summed E-state index contributed by atoms with van der Waals surface area (Å²) in [7, 11) is 3.17. The second kappa shape index (κ2) is 9.07. The third kappa shape index (κ3) is 4.15. The van der Waals surface area contributed by atoms with Gasteiger partial charge in [0.15, 0.2) is 11.2 Å². The molecule has 0 radical (unpaired) electrons. The van der Waals surface area contributed by atoms with Gasteiger partial charge in [0.05, 0.1) is 6.61 Å². The summed E-state index contributed by atoms with van der Waals surface area (Å²) in [4.78, 5) is 34.6. The Bertz CT molecular complexity index is 1160. The zero-order valence-corrected chi connectivity index (χ0v) is 18.2. The van der Waals surface area contributed by atoms with Crippen LogP contribution >= 0.6 is 0 Å². The van der Waals surface area contributed by atoms with Crippen molar-refractivity contribution in [3.63, 3.8) is 0 Å². The molecule has 0 atom stereocenters. The van der Waals surface area contributed by atoms with Crippen LogP contribution in [0.1, 0.15) is 12.0 Å². The van der Waals surface area contributed by atoms with Crippen molar-refractivity contribution in [2.24, 2.45) is 14.1 Å². The molecule has 9 heteroatoms. The summed E-state index contributed by atoms with van der Waals surface area (Å²) in [5.41, 5.74) is 1.48. The van der Waals surface area contributed by atoms with Gasteiger partial charge >= 0.3 is 5.69 Å². The lowest BCUT2D eigenvalue weighted by Gasteiger charge is -2.35. The number of benzene rings is 1. The number of β-amino-alcohol motifs (C(OH)–C–C–N with tert-alkyl or cyclic N) is 1. The fourth-order valence-corrected chi connectivity index (χ4v) is 4.29. The van der Waals surface area contributed by atoms with Crippen LogP contribution in [0.4, 0.5) is 5.95 Å². The highest BCUT2D eigenvalue weighted by Gasteiger charge is 2.25. The van der Waals surface area contributed by atoms with E-state index in [4.69, 9.17) is 4.98 Å². The minimum Gasteiger partial charge on any atom is -0.395 e. The Balaban J connectivity index is 1.69. The number of aliphatic hydroxyl groups is 1. The quantitative estimate of drug-likeness (QED) is 0.580. The lowest BCUT2D eigenvalue weighted by atomic mass is 10.1. The zero-order valence-electron chi connectivity index (χ0n) is 18.2. The van der Waals surface area contributed by atoms with Crippen LogP contribution in [-0.4, -0.2) is 68.0 Å². The molecule has 3 heterocycles. The number of nitrogens with zero attached hydrogens (tertiary/aromatic N) is 6. The number of fused-ring (bicyclic) bond motifs is 1. The van der Waals surface area contributed by atoms with Crippen molar-refractivity contribution in [3.05, 3.63) is 56.7 Å². The zero-order chi connectivity index (χ0) is 22.0. The van der Waals surface area contributed by atoms with Crippen molar-refractivity contribution in [2.75, 3.05) is 44.2 Å². The minimum absolute atomic E-state index is 0.149. The van der Waals surface area contributed by atoms with E-state index in [1.165, 1.54) is 17.2 Å². The first-order valence-electron chi connectivity index (χ1n) is 10.8. The summed E-state index contributed by atoms with van der Waals surface area (Å²) in [6.45, 7) is 4.62. The summed E-state index contributed by atoms with van der Waals surface area (Å²) in [6, 6.07) is 10.3. The fraction of sp³-hybridized carbons (Fsp3) is 0.500. The van der Waals surface area contributed by atoms with Crippen molar-refractivity contribution in [1.82, 2.24) is 23.6 Å². The monoisotopic (exact) mass is 426 g/mol. The maximum absolute atomic E-state index is 13.0. The molecule has 0 unspecified atom stereocenters. The van der Waals surface area contributed by atoms with E-state index in [1.807, 2.05) is 22.8 Å². The van der Waals surface area contributed by atoms with Crippen LogP contribution < -0.4 is 16.1 Å². The van der Waals surface area contributed by atoms with Crippen LogP contribution in [0.5, 0.6) is 0 Å². The summed E-state index contributed by atoms with van der Waals surface area (Å²) < 4.78 is 4.60. The van der Waals surface area contributed by atoms with Gasteiger partial charge < -0.3 is 14.6 Å². The lowest BCUT2D eigenvalue weighted by Crippen LogP contribution is -2.48. The number of hydrogen-bond donors (Lipinski definition) is 1. The maximum atomic E-state index is 13.0. The average molecular weight is 427 g/mol. The molecule has 1 aromatic carbocycles. The van der Waals surface area contributed by atoms with Gasteiger partial charge in [-0.3, -0.25) is 18.8 Å². The highest BCUT2D eigenvalue weighted by Crippen LogP contribution is 2.22. The van der Waals surface area contributed by atoms with Crippen molar-refractivity contribution < 1.29 is 5.11 Å². The molecule has 0 aliphatic carbocycles. The van der Waals surface area contributed by atoms with Gasteiger partial charge in [-0.2, -0.15) is 4.98 Å². The van der Waals surface area contributed by atoms with Gasteiger partial charge in [0, 0.05) is 53.4 Å². The minimum atomic E-state index is -0.370. The molecular formula is C22H30N6O3. The van der Waals surface area contributed by atoms with Crippen LogP contribution in [0.25, 0.3) is 11.2 Å². The second-order valence-electron chi connectivity index (χ2n) is 8.08. The molecule has 0 saturated carbocycles. The summed E-state index contributed by atoms with van der Waals surface area (Å²) in [6.07, 6.45) is 1.76. The van der Waals surface area contributed by atoms with Crippen molar-refractivity contribution in [3.8, 4) is 0 Å². The molecule has 1 N–H and O–H groups in total. The van der Waals surface area contributed by atoms with Gasteiger partial charge in [-0.1, -0.05) is 30.3 Å². The van der Waals surface area contributed by atoms with Crippen molar-refractivity contribution in [1.29, 1.82) is 0 Å². The van der Waals surface area contributed by atoms with Gasteiger partial charge in [-0.25, -0.2) is 4.79 Å². The van der Waals surface area contributed by atoms with E-state index in [-0.39, 0.29) is 17.9 Å². The smallest absolute Gasteiger partial charge is 0.332 e. The Morgan fingerprint density at radius 1 is 0.968 bits per heavy atom. The molecule has 9 nitrogen and oxygen atoms in total. The van der Waals surface area contributed by atoms with Gasteiger partial charge in [0.2, 0.25) is 5.95 Å². The maximum Gasteiger partial charge on any atom is 0.332 e. The third-order valence-electron chi connectivity index (χ3n) is 6.09. The highest BCUT2D eigenvalue weighted by atomic mass is 16.3. The molecule has 0 bridgehead atoms. The molecular weight excluding hydrogens is 396 g/mol. The topological polar surface area (TPSA) is 88.5 Å². The van der Waals surface area contributed by atoms with E-state index in [2.05, 4.69) is 21.9 Å². The number of hydrogen-bond acceptors (Lipinski definition) is 6. The van der Waals surface area contributed by atoms with Crippen LogP contribution in [0.2, 0.25) is 0 Å². The average Bonchev–Trinajstić information content (AvgIpc) is 3.17. The lowest BCUT2D eigenvalue weighted by molar-refractivity contribution is 0.188. The van der Waals surface area contributed by atoms with Crippen molar-refractivity contribution in [2.45, 2.75) is 19.4 Å². The molecule has 4 rings (SSSR count). The molecule has 1 fully saturated rings. The number of imidazole rings is 1.